The second-order valence-corrected chi connectivity index (χ2v) is 7.80. The Bertz CT molecular complexity index is 671. The molecule has 0 spiro atoms. The number of hydrogen-bond acceptors (Lipinski definition) is 4. The first-order chi connectivity index (χ1) is 16.4. The predicted molar refractivity (Wildman–Crippen MR) is 128 cm³/mol. The summed E-state index contributed by atoms with van der Waals surface area (Å²) >= 11 is 0. The van der Waals surface area contributed by atoms with E-state index >= 15 is 0 Å². The van der Waals surface area contributed by atoms with E-state index in [1.807, 2.05) is 10.9 Å². The molecule has 0 saturated heterocycles. The molecule has 0 heterocycles. The van der Waals surface area contributed by atoms with Crippen LogP contribution in [0.3, 0.4) is 0 Å². The molecule has 0 fully saturated rings. The molecule has 10 nitrogen and oxygen atoms in total. The summed E-state index contributed by atoms with van der Waals surface area (Å²) in [7, 11) is 0. The summed E-state index contributed by atoms with van der Waals surface area (Å²) in [5.74, 6) is 11.3. The van der Waals surface area contributed by atoms with Crippen molar-refractivity contribution in [3.05, 3.63) is 0 Å². The maximum atomic E-state index is 11.3. The van der Waals surface area contributed by atoms with Crippen LogP contribution in [0.5, 0.6) is 0 Å². The number of hydrogen-bond donors (Lipinski definition) is 6. The van der Waals surface area contributed by atoms with Crippen LogP contribution in [0, 0.1) is 23.7 Å². The normalized spacial score (nSPS) is 9.53. The van der Waals surface area contributed by atoms with E-state index in [1.165, 1.54) is 0 Å². The Morgan fingerprint density at radius 2 is 0.794 bits per heavy atom. The lowest BCUT2D eigenvalue weighted by Gasteiger charge is -2.03. The van der Waals surface area contributed by atoms with E-state index in [0.717, 1.165) is 89.9 Å². The molecule has 0 saturated carbocycles. The second-order valence-electron chi connectivity index (χ2n) is 7.80. The molecule has 190 valence electrons. The summed E-state index contributed by atoms with van der Waals surface area (Å²) in [6, 6.07) is 0. The molecule has 0 atom stereocenters. The molecule has 4 amide bonds. The number of rotatable bonds is 16. The zero-order valence-electron chi connectivity index (χ0n) is 19.8. The number of unbranched alkanes of at least 4 members (excludes halogenated alkanes) is 12. The summed E-state index contributed by atoms with van der Waals surface area (Å²) in [5, 5.41) is 16.7. The summed E-state index contributed by atoms with van der Waals surface area (Å²) in [6.07, 6.45) is 11.7. The number of carboxylic acid groups (broad SMARTS) is 2. The molecule has 0 aromatic heterocycles. The van der Waals surface area contributed by atoms with Crippen molar-refractivity contribution >= 4 is 24.0 Å². The maximum absolute atomic E-state index is 11.3. The molecule has 34 heavy (non-hydrogen) atoms. The van der Waals surface area contributed by atoms with Gasteiger partial charge in [0.15, 0.2) is 0 Å². The molecule has 10 heteroatoms. The number of hydrazine groups is 2. The van der Waals surface area contributed by atoms with Crippen molar-refractivity contribution in [3.63, 3.8) is 0 Å². The van der Waals surface area contributed by atoms with Gasteiger partial charge in [-0.15, -0.1) is 0 Å². The summed E-state index contributed by atoms with van der Waals surface area (Å²) in [5.41, 5.74) is 7.89. The summed E-state index contributed by atoms with van der Waals surface area (Å²) in [4.78, 5) is 43.0. The second kappa shape index (κ2) is 22.8. The van der Waals surface area contributed by atoms with Crippen LogP contribution >= 0.6 is 0 Å². The Balaban J connectivity index is 3.39. The fraction of sp³-hybridized carbons (Fsp3) is 0.667. The molecule has 0 unspecified atom stereocenters. The lowest BCUT2D eigenvalue weighted by Crippen LogP contribution is -2.40. The summed E-state index contributed by atoms with van der Waals surface area (Å²) < 4.78 is 0. The maximum Gasteiger partial charge on any atom is 0.423 e. The van der Waals surface area contributed by atoms with Gasteiger partial charge in [0.05, 0.1) is 0 Å². The minimum Gasteiger partial charge on any atom is -0.464 e. The average molecular weight is 479 g/mol. The van der Waals surface area contributed by atoms with Gasteiger partial charge in [0.25, 0.3) is 0 Å². The molecule has 6 N–H and O–H groups in total. The predicted octanol–water partition coefficient (Wildman–Crippen LogP) is 3.83. The topological polar surface area (TPSA) is 157 Å². The van der Waals surface area contributed by atoms with Gasteiger partial charge in [-0.3, -0.25) is 20.4 Å². The first-order valence-electron chi connectivity index (χ1n) is 11.9. The van der Waals surface area contributed by atoms with Gasteiger partial charge >= 0.3 is 12.2 Å². The van der Waals surface area contributed by atoms with Crippen molar-refractivity contribution in [2.24, 2.45) is 0 Å². The third-order valence-corrected chi connectivity index (χ3v) is 4.77. The SMILES string of the molecule is O=C(O)NNC(=O)CCCCCCCCC#CC#CCCCCCCCCC(=O)NNC(=O)O. The van der Waals surface area contributed by atoms with Gasteiger partial charge < -0.3 is 10.2 Å². The van der Waals surface area contributed by atoms with Gasteiger partial charge in [0, 0.05) is 25.7 Å². The van der Waals surface area contributed by atoms with Crippen LogP contribution in [0.15, 0.2) is 0 Å². The molecule has 0 rings (SSSR count). The van der Waals surface area contributed by atoms with Crippen LogP contribution in [0.4, 0.5) is 9.59 Å². The standard InChI is InChI=1S/C24H38N4O6/c29-21(25-27-23(31)32)19-17-15-13-11-9-7-5-3-1-2-4-6-8-10-12-14-16-18-20-22(30)26-28-24(33)34/h27-28H,5-20H2,(H,25,29)(H,26,30)(H,31,32)(H,33,34). The molecule has 0 aromatic rings. The van der Waals surface area contributed by atoms with Crippen molar-refractivity contribution in [3.8, 4) is 23.7 Å². The van der Waals surface area contributed by atoms with Crippen LogP contribution in [-0.2, 0) is 9.59 Å². The Morgan fingerprint density at radius 1 is 0.471 bits per heavy atom. The van der Waals surface area contributed by atoms with Gasteiger partial charge in [-0.05, 0) is 37.5 Å². The van der Waals surface area contributed by atoms with Crippen LogP contribution in [-0.4, -0.2) is 34.2 Å². The van der Waals surface area contributed by atoms with E-state index in [-0.39, 0.29) is 11.8 Å². The van der Waals surface area contributed by atoms with Gasteiger partial charge in [-0.2, -0.15) is 0 Å². The number of carbonyl (C=O) groups is 4. The zero-order chi connectivity index (χ0) is 25.3. The van der Waals surface area contributed by atoms with Crippen molar-refractivity contribution in [1.82, 2.24) is 21.7 Å². The van der Waals surface area contributed by atoms with Crippen LogP contribution < -0.4 is 21.7 Å². The monoisotopic (exact) mass is 478 g/mol. The fourth-order valence-corrected chi connectivity index (χ4v) is 3.00. The summed E-state index contributed by atoms with van der Waals surface area (Å²) in [6.45, 7) is 0. The zero-order valence-corrected chi connectivity index (χ0v) is 19.8. The molecule has 0 aromatic carbocycles. The van der Waals surface area contributed by atoms with Crippen LogP contribution in [0.2, 0.25) is 0 Å². The Labute approximate surface area is 202 Å². The van der Waals surface area contributed by atoms with E-state index in [9.17, 15) is 19.2 Å². The largest absolute Gasteiger partial charge is 0.464 e. The van der Waals surface area contributed by atoms with E-state index < -0.39 is 12.2 Å². The first-order valence-corrected chi connectivity index (χ1v) is 11.9. The third kappa shape index (κ3) is 24.9. The third-order valence-electron chi connectivity index (χ3n) is 4.77. The van der Waals surface area contributed by atoms with E-state index in [0.29, 0.717) is 12.8 Å². The number of carbonyl (C=O) groups excluding carboxylic acids is 2. The van der Waals surface area contributed by atoms with Gasteiger partial charge in [0.1, 0.15) is 0 Å². The molecule has 0 aliphatic carbocycles. The number of nitrogens with one attached hydrogen (secondary N) is 4. The first kappa shape index (κ1) is 30.6. The molecule has 0 radical (unpaired) electrons. The van der Waals surface area contributed by atoms with E-state index in [4.69, 9.17) is 10.2 Å². The van der Waals surface area contributed by atoms with Crippen molar-refractivity contribution in [2.45, 2.75) is 103 Å². The highest BCUT2D eigenvalue weighted by Crippen LogP contribution is 2.09. The molecule has 0 bridgehead atoms. The minimum absolute atomic E-state index is 0.313. The molecular weight excluding hydrogens is 440 g/mol. The van der Waals surface area contributed by atoms with E-state index in [1.54, 1.807) is 0 Å². The highest BCUT2D eigenvalue weighted by Gasteiger charge is 2.03. The molecule has 0 aliphatic heterocycles. The van der Waals surface area contributed by atoms with Crippen LogP contribution in [0.1, 0.15) is 103 Å². The van der Waals surface area contributed by atoms with Gasteiger partial charge in [-0.25, -0.2) is 20.4 Å². The van der Waals surface area contributed by atoms with Gasteiger partial charge in [-0.1, -0.05) is 63.2 Å². The number of amides is 4. The lowest BCUT2D eigenvalue weighted by molar-refractivity contribution is -0.122. The lowest BCUT2D eigenvalue weighted by atomic mass is 10.1. The highest BCUT2D eigenvalue weighted by atomic mass is 16.4. The minimum atomic E-state index is -1.28. The van der Waals surface area contributed by atoms with E-state index in [2.05, 4.69) is 34.5 Å². The smallest absolute Gasteiger partial charge is 0.423 e. The fourth-order valence-electron chi connectivity index (χ4n) is 3.00. The molecular formula is C24H38N4O6. The van der Waals surface area contributed by atoms with Crippen molar-refractivity contribution in [2.75, 3.05) is 0 Å². The molecule has 0 aliphatic rings. The Hall–Kier alpha value is -3.40. The van der Waals surface area contributed by atoms with Crippen molar-refractivity contribution in [1.29, 1.82) is 0 Å². The highest BCUT2D eigenvalue weighted by molar-refractivity contribution is 5.78. The van der Waals surface area contributed by atoms with Crippen LogP contribution in [0.25, 0.3) is 0 Å². The quantitative estimate of drug-likeness (QED) is 0.112. The average Bonchev–Trinajstić information content (AvgIpc) is 2.80. The van der Waals surface area contributed by atoms with Gasteiger partial charge in [0.2, 0.25) is 11.8 Å². The van der Waals surface area contributed by atoms with Crippen molar-refractivity contribution < 1.29 is 29.4 Å². The Morgan fingerprint density at radius 3 is 1.15 bits per heavy atom. The Kier molecular flexibility index (Phi) is 20.5.